The first-order valence-corrected chi connectivity index (χ1v) is 8.66. The Morgan fingerprint density at radius 1 is 1.12 bits per heavy atom. The summed E-state index contributed by atoms with van der Waals surface area (Å²) in [6.45, 7) is 7.94. The van der Waals surface area contributed by atoms with Crippen molar-refractivity contribution in [1.82, 2.24) is 0 Å². The van der Waals surface area contributed by atoms with Gasteiger partial charge in [0.25, 0.3) is 0 Å². The summed E-state index contributed by atoms with van der Waals surface area (Å²) < 4.78 is 5.47. The van der Waals surface area contributed by atoms with E-state index in [2.05, 4.69) is 0 Å². The second kappa shape index (κ2) is 6.43. The van der Waals surface area contributed by atoms with Crippen LogP contribution in [0.5, 0.6) is 11.5 Å². The van der Waals surface area contributed by atoms with Gasteiger partial charge in [0.05, 0.1) is 19.1 Å². The van der Waals surface area contributed by atoms with Gasteiger partial charge in [0.2, 0.25) is 5.91 Å². The van der Waals surface area contributed by atoms with E-state index in [9.17, 15) is 9.90 Å². The van der Waals surface area contributed by atoms with E-state index in [0.29, 0.717) is 0 Å². The minimum atomic E-state index is -0.0605. The van der Waals surface area contributed by atoms with Gasteiger partial charge in [-0.05, 0) is 61.6 Å². The van der Waals surface area contributed by atoms with Crippen molar-refractivity contribution in [2.75, 3.05) is 12.0 Å². The Bertz CT molecular complexity index is 828. The highest BCUT2D eigenvalue weighted by atomic mass is 16.5. The Morgan fingerprint density at radius 2 is 1.84 bits per heavy atom. The van der Waals surface area contributed by atoms with Crippen LogP contribution in [0.3, 0.4) is 0 Å². The fourth-order valence-electron chi connectivity index (χ4n) is 3.59. The molecule has 1 aliphatic rings. The number of methoxy groups -OCH3 is 1. The minimum Gasteiger partial charge on any atom is -0.508 e. The summed E-state index contributed by atoms with van der Waals surface area (Å²) in [6.07, 6.45) is 0.774. The number of anilines is 1. The fourth-order valence-corrected chi connectivity index (χ4v) is 3.59. The largest absolute Gasteiger partial charge is 0.508 e. The van der Waals surface area contributed by atoms with Gasteiger partial charge in [-0.15, -0.1) is 0 Å². The van der Waals surface area contributed by atoms with Crippen LogP contribution in [0.15, 0.2) is 30.3 Å². The Kier molecular flexibility index (Phi) is 4.46. The first kappa shape index (κ1) is 17.3. The van der Waals surface area contributed by atoms with Gasteiger partial charge in [-0.25, -0.2) is 0 Å². The molecule has 1 fully saturated rings. The van der Waals surface area contributed by atoms with Crippen molar-refractivity contribution in [2.24, 2.45) is 5.92 Å². The van der Waals surface area contributed by atoms with Crippen molar-refractivity contribution in [3.63, 3.8) is 0 Å². The zero-order valence-corrected chi connectivity index (χ0v) is 15.5. The lowest BCUT2D eigenvalue weighted by Gasteiger charge is -2.47. The fraction of sp³-hybridized carbons (Fsp3) is 0.381. The standard InChI is InChI=1S/C21H25NO3/c1-6-17-20(15-8-7-12(2)18(23)10-15)22(21(17)24)16-9-13(3)14(4)19(11-16)25-5/h7-11,17,20,23H,6H2,1-5H3/t17-,20+/m1/s1. The van der Waals surface area contributed by atoms with Crippen LogP contribution in [0, 0.1) is 26.7 Å². The van der Waals surface area contributed by atoms with Crippen LogP contribution >= 0.6 is 0 Å². The molecule has 1 aliphatic heterocycles. The first-order chi connectivity index (χ1) is 11.9. The van der Waals surface area contributed by atoms with Crippen LogP contribution in [-0.4, -0.2) is 18.1 Å². The quantitative estimate of drug-likeness (QED) is 0.838. The van der Waals surface area contributed by atoms with Crippen LogP contribution < -0.4 is 9.64 Å². The summed E-state index contributed by atoms with van der Waals surface area (Å²) in [6, 6.07) is 9.58. The van der Waals surface area contributed by atoms with Crippen LogP contribution in [0.4, 0.5) is 5.69 Å². The van der Waals surface area contributed by atoms with Gasteiger partial charge in [-0.1, -0.05) is 19.1 Å². The molecule has 0 aliphatic carbocycles. The number of nitrogens with zero attached hydrogens (tertiary/aromatic N) is 1. The van der Waals surface area contributed by atoms with Crippen molar-refractivity contribution in [1.29, 1.82) is 0 Å². The number of hydrogen-bond acceptors (Lipinski definition) is 3. The Morgan fingerprint density at radius 3 is 2.44 bits per heavy atom. The number of phenolic OH excluding ortho intramolecular Hbond substituents is 1. The highest BCUT2D eigenvalue weighted by molar-refractivity contribution is 6.03. The molecule has 0 saturated carbocycles. The van der Waals surface area contributed by atoms with E-state index in [0.717, 1.165) is 40.1 Å². The average molecular weight is 339 g/mol. The molecule has 1 saturated heterocycles. The van der Waals surface area contributed by atoms with Crippen LogP contribution in [0.25, 0.3) is 0 Å². The molecule has 1 heterocycles. The average Bonchev–Trinajstić information content (AvgIpc) is 2.58. The third kappa shape index (κ3) is 2.76. The summed E-state index contributed by atoms with van der Waals surface area (Å²) in [5, 5.41) is 10.1. The number of aromatic hydroxyl groups is 1. The Hall–Kier alpha value is -2.49. The number of carbonyl (C=O) groups is 1. The molecule has 4 nitrogen and oxygen atoms in total. The number of rotatable bonds is 4. The van der Waals surface area contributed by atoms with Gasteiger partial charge in [-0.3, -0.25) is 4.79 Å². The molecule has 0 bridgehead atoms. The molecular formula is C21H25NO3. The maximum atomic E-state index is 12.7. The van der Waals surface area contributed by atoms with Gasteiger partial charge < -0.3 is 14.7 Å². The lowest BCUT2D eigenvalue weighted by molar-refractivity contribution is -0.130. The van der Waals surface area contributed by atoms with Crippen LogP contribution in [0.2, 0.25) is 0 Å². The van der Waals surface area contributed by atoms with E-state index in [-0.39, 0.29) is 23.6 Å². The zero-order chi connectivity index (χ0) is 18.3. The first-order valence-electron chi connectivity index (χ1n) is 8.66. The number of amides is 1. The monoisotopic (exact) mass is 339 g/mol. The second-order valence-corrected chi connectivity index (χ2v) is 6.80. The van der Waals surface area contributed by atoms with Crippen molar-refractivity contribution in [3.05, 3.63) is 52.6 Å². The van der Waals surface area contributed by atoms with Gasteiger partial charge in [0.1, 0.15) is 11.5 Å². The predicted molar refractivity (Wildman–Crippen MR) is 99.3 cm³/mol. The van der Waals surface area contributed by atoms with Crippen molar-refractivity contribution < 1.29 is 14.6 Å². The van der Waals surface area contributed by atoms with Crippen molar-refractivity contribution in [2.45, 2.75) is 40.2 Å². The molecule has 1 amide bonds. The van der Waals surface area contributed by atoms with E-state index in [1.807, 2.05) is 56.9 Å². The second-order valence-electron chi connectivity index (χ2n) is 6.80. The number of β-lactam (4-membered cyclic amide) rings is 1. The van der Waals surface area contributed by atoms with Crippen LogP contribution in [-0.2, 0) is 4.79 Å². The molecule has 0 spiro atoms. The molecule has 2 atom stereocenters. The number of carbonyl (C=O) groups excluding carboxylic acids is 1. The predicted octanol–water partition coefficient (Wildman–Crippen LogP) is 4.44. The molecule has 25 heavy (non-hydrogen) atoms. The third-order valence-corrected chi connectivity index (χ3v) is 5.33. The molecule has 4 heteroatoms. The highest BCUT2D eigenvalue weighted by Gasteiger charge is 2.47. The van der Waals surface area contributed by atoms with E-state index < -0.39 is 0 Å². The smallest absolute Gasteiger partial charge is 0.233 e. The molecule has 1 N–H and O–H groups in total. The summed E-state index contributed by atoms with van der Waals surface area (Å²) in [4.78, 5) is 14.6. The molecule has 3 rings (SSSR count). The molecule has 0 aromatic heterocycles. The molecule has 2 aromatic carbocycles. The number of benzene rings is 2. The normalized spacial score (nSPS) is 19.7. The summed E-state index contributed by atoms with van der Waals surface area (Å²) >= 11 is 0. The Balaban J connectivity index is 2.06. The number of hydrogen-bond donors (Lipinski definition) is 1. The zero-order valence-electron chi connectivity index (χ0n) is 15.5. The van der Waals surface area contributed by atoms with Crippen molar-refractivity contribution >= 4 is 11.6 Å². The maximum Gasteiger partial charge on any atom is 0.233 e. The molecule has 132 valence electrons. The van der Waals surface area contributed by atoms with E-state index in [1.54, 1.807) is 13.2 Å². The number of aryl methyl sites for hydroxylation is 2. The lowest BCUT2D eigenvalue weighted by atomic mass is 9.79. The minimum absolute atomic E-state index is 0.0594. The Labute approximate surface area is 149 Å². The van der Waals surface area contributed by atoms with E-state index >= 15 is 0 Å². The highest BCUT2D eigenvalue weighted by Crippen LogP contribution is 2.47. The summed E-state index contributed by atoms with van der Waals surface area (Å²) in [5.74, 6) is 1.12. The SMILES string of the molecule is CC[C@H]1C(=O)N(c2cc(C)c(C)c(OC)c2)[C@H]1c1ccc(C)c(O)c1. The molecular weight excluding hydrogens is 314 g/mol. The summed E-state index contributed by atoms with van der Waals surface area (Å²) in [5.41, 5.74) is 4.82. The van der Waals surface area contributed by atoms with Gasteiger partial charge in [0, 0.05) is 11.8 Å². The topological polar surface area (TPSA) is 49.8 Å². The van der Waals surface area contributed by atoms with E-state index in [1.165, 1.54) is 0 Å². The summed E-state index contributed by atoms with van der Waals surface area (Å²) in [7, 11) is 1.65. The number of ether oxygens (including phenoxy) is 1. The maximum absolute atomic E-state index is 12.7. The third-order valence-electron chi connectivity index (χ3n) is 5.33. The lowest BCUT2D eigenvalue weighted by Crippen LogP contribution is -2.55. The van der Waals surface area contributed by atoms with Crippen LogP contribution in [0.1, 0.15) is 41.6 Å². The van der Waals surface area contributed by atoms with E-state index in [4.69, 9.17) is 4.74 Å². The molecule has 0 radical (unpaired) electrons. The van der Waals surface area contributed by atoms with Gasteiger partial charge >= 0.3 is 0 Å². The van der Waals surface area contributed by atoms with Crippen molar-refractivity contribution in [3.8, 4) is 11.5 Å². The molecule has 0 unspecified atom stereocenters. The number of phenols is 1. The van der Waals surface area contributed by atoms with Gasteiger partial charge in [-0.2, -0.15) is 0 Å². The molecule has 2 aromatic rings. The van der Waals surface area contributed by atoms with Gasteiger partial charge in [0.15, 0.2) is 0 Å².